The van der Waals surface area contributed by atoms with Crippen molar-refractivity contribution in [1.29, 1.82) is 0 Å². The van der Waals surface area contributed by atoms with E-state index in [0.717, 1.165) is 24.5 Å². The Hall–Kier alpha value is -1.00. The maximum absolute atomic E-state index is 12.4. The van der Waals surface area contributed by atoms with E-state index in [1.165, 1.54) is 11.1 Å². The smallest absolute Gasteiger partial charge is 0.240 e. The second kappa shape index (κ2) is 5.78. The number of hydrogen-bond acceptors (Lipinski definition) is 3. The lowest BCUT2D eigenvalue weighted by Gasteiger charge is -2.28. The molecule has 3 nitrogen and oxygen atoms in total. The summed E-state index contributed by atoms with van der Waals surface area (Å²) in [5.74, 6) is 2.42. The number of thioether (sulfide) groups is 1. The molecule has 0 spiro atoms. The van der Waals surface area contributed by atoms with Gasteiger partial charge in [0.1, 0.15) is 0 Å². The van der Waals surface area contributed by atoms with Gasteiger partial charge in [-0.2, -0.15) is 11.8 Å². The largest absolute Gasteiger partial charge is 0.339 e. The number of carbonyl (C=O) groups is 1. The van der Waals surface area contributed by atoms with Crippen molar-refractivity contribution in [1.82, 2.24) is 10.2 Å². The molecule has 0 aromatic heterocycles. The zero-order chi connectivity index (χ0) is 14.1. The van der Waals surface area contributed by atoms with Crippen LogP contribution in [0, 0.1) is 0 Å². The fourth-order valence-electron chi connectivity index (χ4n) is 3.13. The van der Waals surface area contributed by atoms with Gasteiger partial charge in [-0.25, -0.2) is 0 Å². The highest BCUT2D eigenvalue weighted by atomic mass is 32.2. The van der Waals surface area contributed by atoms with Crippen molar-refractivity contribution in [3.8, 4) is 0 Å². The molecule has 1 aromatic rings. The first-order valence-electron chi connectivity index (χ1n) is 7.39. The van der Waals surface area contributed by atoms with Crippen molar-refractivity contribution < 1.29 is 4.79 Å². The zero-order valence-corrected chi connectivity index (χ0v) is 13.0. The topological polar surface area (TPSA) is 32.3 Å². The normalized spacial score (nSPS) is 26.1. The second-order valence-electron chi connectivity index (χ2n) is 5.90. The van der Waals surface area contributed by atoms with Crippen molar-refractivity contribution in [2.24, 2.45) is 0 Å². The molecule has 2 aliphatic heterocycles. The summed E-state index contributed by atoms with van der Waals surface area (Å²) in [5, 5.41) is 3.60. The summed E-state index contributed by atoms with van der Waals surface area (Å²) in [6.07, 6.45) is 0.931. The summed E-state index contributed by atoms with van der Waals surface area (Å²) in [6.45, 7) is 5.06. The molecule has 1 fully saturated rings. The van der Waals surface area contributed by atoms with Crippen molar-refractivity contribution in [3.05, 3.63) is 35.4 Å². The molecule has 0 bridgehead atoms. The summed E-state index contributed by atoms with van der Waals surface area (Å²) in [6, 6.07) is 9.21. The van der Waals surface area contributed by atoms with Gasteiger partial charge >= 0.3 is 0 Å². The Bertz CT molecular complexity index is 503. The molecule has 2 atom stereocenters. The number of nitrogens with zero attached hydrogens (tertiary/aromatic N) is 1. The van der Waals surface area contributed by atoms with Crippen LogP contribution in [-0.2, 0) is 10.5 Å². The van der Waals surface area contributed by atoms with Crippen molar-refractivity contribution in [2.75, 3.05) is 12.3 Å². The lowest BCUT2D eigenvalue weighted by molar-refractivity contribution is -0.130. The lowest BCUT2D eigenvalue weighted by atomic mass is 10.0. The van der Waals surface area contributed by atoms with Crippen LogP contribution >= 0.6 is 11.8 Å². The van der Waals surface area contributed by atoms with Crippen LogP contribution in [0.1, 0.15) is 37.4 Å². The predicted octanol–water partition coefficient (Wildman–Crippen LogP) is 2.57. The molecule has 0 aliphatic carbocycles. The first kappa shape index (κ1) is 14.0. The van der Waals surface area contributed by atoms with Gasteiger partial charge in [-0.1, -0.05) is 24.3 Å². The molecule has 2 heterocycles. The van der Waals surface area contributed by atoms with Gasteiger partial charge in [-0.05, 0) is 31.4 Å². The molecule has 3 rings (SSSR count). The first-order valence-corrected chi connectivity index (χ1v) is 8.54. The Kier molecular flexibility index (Phi) is 4.03. The van der Waals surface area contributed by atoms with Gasteiger partial charge in [0.15, 0.2) is 0 Å². The van der Waals surface area contributed by atoms with E-state index in [-0.39, 0.29) is 11.9 Å². The van der Waals surface area contributed by atoms with Crippen LogP contribution in [0.5, 0.6) is 0 Å². The van der Waals surface area contributed by atoms with Crippen LogP contribution in [0.4, 0.5) is 0 Å². The SMILES string of the molecule is CC(C)N1CC[C@@H](N[C@@H]2CSCc3ccccc32)C1=O. The minimum atomic E-state index is -0.00541. The fourth-order valence-corrected chi connectivity index (χ4v) is 4.24. The third-order valence-corrected chi connectivity index (χ3v) is 5.32. The summed E-state index contributed by atoms with van der Waals surface area (Å²) in [4.78, 5) is 14.4. The summed E-state index contributed by atoms with van der Waals surface area (Å²) in [5.41, 5.74) is 2.79. The highest BCUT2D eigenvalue weighted by molar-refractivity contribution is 7.98. The summed E-state index contributed by atoms with van der Waals surface area (Å²) >= 11 is 1.95. The highest BCUT2D eigenvalue weighted by Gasteiger charge is 2.35. The Balaban J connectivity index is 1.72. The van der Waals surface area contributed by atoms with E-state index < -0.39 is 0 Å². The number of likely N-dealkylation sites (tertiary alicyclic amines) is 1. The molecule has 4 heteroatoms. The molecule has 1 aromatic carbocycles. The highest BCUT2D eigenvalue weighted by Crippen LogP contribution is 2.32. The molecule has 1 saturated heterocycles. The lowest BCUT2D eigenvalue weighted by Crippen LogP contribution is -2.43. The Labute approximate surface area is 125 Å². The van der Waals surface area contributed by atoms with Gasteiger partial charge in [0.05, 0.1) is 6.04 Å². The van der Waals surface area contributed by atoms with Crippen molar-refractivity contribution in [2.45, 2.75) is 44.1 Å². The van der Waals surface area contributed by atoms with Crippen LogP contribution in [0.3, 0.4) is 0 Å². The molecule has 1 amide bonds. The van der Waals surface area contributed by atoms with Gasteiger partial charge in [0.25, 0.3) is 0 Å². The Morgan fingerprint density at radius 2 is 2.10 bits per heavy atom. The number of hydrogen-bond donors (Lipinski definition) is 1. The molecule has 0 saturated carbocycles. The Morgan fingerprint density at radius 3 is 2.85 bits per heavy atom. The molecular weight excluding hydrogens is 268 g/mol. The molecule has 20 heavy (non-hydrogen) atoms. The van der Waals surface area contributed by atoms with E-state index in [2.05, 4.69) is 43.4 Å². The molecule has 2 aliphatic rings. The standard InChI is InChI=1S/C16H22N2OS/c1-11(2)18-8-7-14(16(18)19)17-15-10-20-9-12-5-3-4-6-13(12)15/h3-6,11,14-15,17H,7-10H2,1-2H3/t14-,15-/m1/s1. The van der Waals surface area contributed by atoms with Gasteiger partial charge in [-0.15, -0.1) is 0 Å². The van der Waals surface area contributed by atoms with E-state index in [9.17, 15) is 4.79 Å². The van der Waals surface area contributed by atoms with E-state index in [1.807, 2.05) is 16.7 Å². The van der Waals surface area contributed by atoms with Crippen LogP contribution < -0.4 is 5.32 Å². The summed E-state index contributed by atoms with van der Waals surface area (Å²) < 4.78 is 0. The molecule has 1 N–H and O–H groups in total. The molecule has 108 valence electrons. The van der Waals surface area contributed by atoms with Crippen LogP contribution in [0.15, 0.2) is 24.3 Å². The van der Waals surface area contributed by atoms with E-state index >= 15 is 0 Å². The minimum Gasteiger partial charge on any atom is -0.339 e. The number of rotatable bonds is 3. The summed E-state index contributed by atoms with van der Waals surface area (Å²) in [7, 11) is 0. The van der Waals surface area contributed by atoms with E-state index in [4.69, 9.17) is 0 Å². The maximum Gasteiger partial charge on any atom is 0.240 e. The van der Waals surface area contributed by atoms with Gasteiger partial charge in [0.2, 0.25) is 5.91 Å². The quantitative estimate of drug-likeness (QED) is 0.928. The number of fused-ring (bicyclic) bond motifs is 1. The van der Waals surface area contributed by atoms with E-state index in [0.29, 0.717) is 12.1 Å². The number of amides is 1. The van der Waals surface area contributed by atoms with Gasteiger partial charge in [-0.3, -0.25) is 10.1 Å². The molecular formula is C16H22N2OS. The minimum absolute atomic E-state index is 0.00541. The third-order valence-electron chi connectivity index (χ3n) is 4.24. The fraction of sp³-hybridized carbons (Fsp3) is 0.562. The van der Waals surface area contributed by atoms with Crippen LogP contribution in [0.25, 0.3) is 0 Å². The van der Waals surface area contributed by atoms with Crippen molar-refractivity contribution in [3.63, 3.8) is 0 Å². The first-order chi connectivity index (χ1) is 9.66. The third kappa shape index (κ3) is 2.59. The van der Waals surface area contributed by atoms with Gasteiger partial charge in [0, 0.05) is 30.1 Å². The van der Waals surface area contributed by atoms with Crippen molar-refractivity contribution >= 4 is 17.7 Å². The van der Waals surface area contributed by atoms with Gasteiger partial charge < -0.3 is 4.90 Å². The average molecular weight is 290 g/mol. The number of carbonyl (C=O) groups excluding carboxylic acids is 1. The second-order valence-corrected chi connectivity index (χ2v) is 6.93. The van der Waals surface area contributed by atoms with Crippen LogP contribution in [0.2, 0.25) is 0 Å². The zero-order valence-electron chi connectivity index (χ0n) is 12.1. The van der Waals surface area contributed by atoms with E-state index in [1.54, 1.807) is 0 Å². The number of benzene rings is 1. The Morgan fingerprint density at radius 1 is 1.30 bits per heavy atom. The monoisotopic (exact) mass is 290 g/mol. The number of nitrogens with one attached hydrogen (secondary N) is 1. The molecule has 0 unspecified atom stereocenters. The van der Waals surface area contributed by atoms with Crippen LogP contribution in [-0.4, -0.2) is 35.2 Å². The molecule has 0 radical (unpaired) electrons. The predicted molar refractivity (Wildman–Crippen MR) is 83.7 cm³/mol. The average Bonchev–Trinajstić information content (AvgIpc) is 2.81. The maximum atomic E-state index is 12.4.